The molecule has 29 nitrogen and oxygen atoms in total. The number of nitrogens with zero attached hydrogens (tertiary/aromatic N) is 8. The highest BCUT2D eigenvalue weighted by Crippen LogP contribution is 2.43. The van der Waals surface area contributed by atoms with Crippen LogP contribution in [0.15, 0.2) is 72.8 Å². The van der Waals surface area contributed by atoms with Crippen molar-refractivity contribution in [3.05, 3.63) is 89.9 Å². The third kappa shape index (κ3) is 29.2. The van der Waals surface area contributed by atoms with Crippen molar-refractivity contribution in [1.82, 2.24) is 60.4 Å². The molecule has 4 atom stereocenters. The molecule has 642 valence electrons. The normalized spacial score (nSPS) is 13.0. The second kappa shape index (κ2) is 49.7. The second-order valence-electron chi connectivity index (χ2n) is 30.8. The highest BCUT2D eigenvalue weighted by molar-refractivity contribution is 5.97. The molecule has 3 aromatic heterocycles. The van der Waals surface area contributed by atoms with Gasteiger partial charge in [-0.15, -0.1) is 0 Å². The molecule has 7 rings (SSSR count). The zero-order valence-electron chi connectivity index (χ0n) is 72.7. The number of amides is 6. The van der Waals surface area contributed by atoms with Gasteiger partial charge >= 0.3 is 11.9 Å². The summed E-state index contributed by atoms with van der Waals surface area (Å²) in [5.41, 5.74) is 5.23. The number of aromatic nitrogens is 6. The first-order valence-electron chi connectivity index (χ1n) is 40.7. The minimum Gasteiger partial charge on any atom is -0.496 e. The lowest BCUT2D eigenvalue weighted by Gasteiger charge is -2.28. The first-order valence-corrected chi connectivity index (χ1v) is 40.7. The number of carbonyl (C=O) groups is 8. The predicted octanol–water partition coefficient (Wildman–Crippen LogP) is 12.8. The van der Waals surface area contributed by atoms with E-state index in [1.807, 2.05) is 96.3 Å². The third-order valence-corrected chi connectivity index (χ3v) is 20.8. The van der Waals surface area contributed by atoms with Crippen LogP contribution in [0.3, 0.4) is 0 Å². The molecule has 3 aromatic carbocycles. The molecule has 0 aliphatic heterocycles. The molecule has 6 amide bonds. The SMILES string of the molecule is CCC(C)Cn1nc(C(=O)N(C)[C@H](CC(=O)NCC(=O)OC)CC(C)C)cc1-c1c(OC)cccc1OC.CCC(CC)Cn1nc(C(=O)N(C)[C@H](CC(=O)NCC(=O)OC)CC(C)C)cc1-c1c(OC)cccc1OC.COCCNC(=O)C[C@H](CCC1CCCCC1)NC(=O)c1cc(-c2c(OC)cccc2OC)n(CC(C)C)n1. The Morgan fingerprint density at radius 2 is 0.853 bits per heavy atom. The highest BCUT2D eigenvalue weighted by atomic mass is 16.5. The van der Waals surface area contributed by atoms with Gasteiger partial charge in [-0.05, 0) is 116 Å². The maximum Gasteiger partial charge on any atom is 0.325 e. The lowest BCUT2D eigenvalue weighted by molar-refractivity contribution is -0.141. The molecule has 0 bridgehead atoms. The van der Waals surface area contributed by atoms with Crippen molar-refractivity contribution in [2.75, 3.05) is 104 Å². The van der Waals surface area contributed by atoms with Gasteiger partial charge in [0.05, 0.1) is 97.3 Å². The molecule has 1 fully saturated rings. The van der Waals surface area contributed by atoms with E-state index in [0.29, 0.717) is 115 Å². The monoisotopic (exact) mass is 1620 g/mol. The van der Waals surface area contributed by atoms with Crippen LogP contribution >= 0.6 is 0 Å². The van der Waals surface area contributed by atoms with Crippen molar-refractivity contribution in [3.8, 4) is 68.3 Å². The molecule has 3 heterocycles. The highest BCUT2D eigenvalue weighted by Gasteiger charge is 2.33. The summed E-state index contributed by atoms with van der Waals surface area (Å²) in [4.78, 5) is 105. The number of nitrogens with one attached hydrogen (secondary N) is 4. The standard InChI is InChI=1S/C30H46N4O5.C29H44N4O6.C28H42N4O6/c1-21(2)20-34-25(29-26(38-4)12-9-13-27(29)39-5)19-24(33-34)30(36)32-23(18-28(35)31-16-17-37-3)15-14-22-10-7-6-8-11-22;1-9-20(10-2)18-33-23(28-24(37-6)12-11-13-25(28)38-7)16-22(31-33)29(36)32(5)21(14-19(3)4)15-26(34)30-17-27(35)39-8;1-9-19(4)17-32-22(27-23(36-6)11-10-12-24(27)37-7)15-21(30-32)28(35)31(5)20(13-18(2)3)14-25(33)29-16-26(34)38-8/h9,12-13,19,21-23H,6-8,10-11,14-18,20H2,1-5H3,(H,31,35)(H,32,36);11-13,16,19-21H,9-10,14-15,17-18H2,1-8H3,(H,30,34);10-12,15,18-20H,9,13-14,16-17H2,1-8H3,(H,29,33)/t23-;21-;19?,20-/m000/s1. The fraction of sp³-hybridized carbons (Fsp3) is 0.598. The Labute approximate surface area is 686 Å². The Balaban J connectivity index is 0.000000310. The Kier molecular flexibility index (Phi) is 41.3. The van der Waals surface area contributed by atoms with E-state index >= 15 is 0 Å². The van der Waals surface area contributed by atoms with Crippen LogP contribution in [0.25, 0.3) is 33.8 Å². The van der Waals surface area contributed by atoms with Crippen LogP contribution < -0.4 is 49.7 Å². The minimum atomic E-state index is -0.533. The number of rotatable bonds is 44. The molecule has 1 unspecified atom stereocenters. The van der Waals surface area contributed by atoms with Crippen LogP contribution in [0.1, 0.15) is 197 Å². The van der Waals surface area contributed by atoms with E-state index in [9.17, 15) is 38.4 Å². The molecule has 1 saturated carbocycles. The van der Waals surface area contributed by atoms with Gasteiger partial charge in [-0.25, -0.2) is 0 Å². The van der Waals surface area contributed by atoms with Crippen LogP contribution in [-0.4, -0.2) is 209 Å². The molecule has 116 heavy (non-hydrogen) atoms. The van der Waals surface area contributed by atoms with Crippen LogP contribution in [0.2, 0.25) is 0 Å². The van der Waals surface area contributed by atoms with Crippen molar-refractivity contribution in [1.29, 1.82) is 0 Å². The maximum absolute atomic E-state index is 13.8. The first kappa shape index (κ1) is 96.4. The van der Waals surface area contributed by atoms with Gasteiger partial charge in [-0.2, -0.15) is 15.3 Å². The molecular formula is C87H132N12O17. The summed E-state index contributed by atoms with van der Waals surface area (Å²) >= 11 is 0. The van der Waals surface area contributed by atoms with Crippen LogP contribution in [0, 0.1) is 35.5 Å². The van der Waals surface area contributed by atoms with Crippen molar-refractivity contribution in [2.45, 2.75) is 203 Å². The molecule has 1 aliphatic carbocycles. The van der Waals surface area contributed by atoms with E-state index in [2.05, 4.69) is 72.3 Å². The maximum atomic E-state index is 13.8. The Morgan fingerprint density at radius 1 is 0.474 bits per heavy atom. The number of hydrogen-bond acceptors (Lipinski definition) is 20. The fourth-order valence-electron chi connectivity index (χ4n) is 14.0. The largest absolute Gasteiger partial charge is 0.496 e. The summed E-state index contributed by atoms with van der Waals surface area (Å²) < 4.78 is 53.6. The summed E-state index contributed by atoms with van der Waals surface area (Å²) in [6.45, 7) is 23.2. The minimum absolute atomic E-state index is 0.0537. The molecule has 6 aromatic rings. The van der Waals surface area contributed by atoms with E-state index < -0.39 is 11.9 Å². The average Bonchev–Trinajstić information content (AvgIpc) is 1.63. The summed E-state index contributed by atoms with van der Waals surface area (Å²) in [5, 5.41) is 25.3. The molecule has 0 saturated heterocycles. The van der Waals surface area contributed by atoms with Crippen molar-refractivity contribution in [2.24, 2.45) is 35.5 Å². The average molecular weight is 1620 g/mol. The molecular weight excluding hydrogens is 1490 g/mol. The van der Waals surface area contributed by atoms with Crippen molar-refractivity contribution in [3.63, 3.8) is 0 Å². The lowest BCUT2D eigenvalue weighted by atomic mass is 9.85. The smallest absolute Gasteiger partial charge is 0.325 e. The molecule has 0 radical (unpaired) electrons. The zero-order chi connectivity index (χ0) is 85.7. The van der Waals surface area contributed by atoms with E-state index in [1.165, 1.54) is 46.3 Å². The van der Waals surface area contributed by atoms with Crippen LogP contribution in [0.5, 0.6) is 34.5 Å². The number of esters is 2. The van der Waals surface area contributed by atoms with Crippen LogP contribution in [-0.2, 0) is 57.8 Å². The van der Waals surface area contributed by atoms with E-state index in [1.54, 1.807) is 91.9 Å². The lowest BCUT2D eigenvalue weighted by Crippen LogP contribution is -2.42. The third-order valence-electron chi connectivity index (χ3n) is 20.8. The van der Waals surface area contributed by atoms with Crippen molar-refractivity contribution < 1.29 is 81.0 Å². The molecule has 4 N–H and O–H groups in total. The Bertz CT molecular complexity index is 4010. The van der Waals surface area contributed by atoms with Gasteiger partial charge in [-0.3, -0.25) is 52.4 Å². The van der Waals surface area contributed by atoms with Gasteiger partial charge in [0.15, 0.2) is 17.1 Å². The van der Waals surface area contributed by atoms with Crippen molar-refractivity contribution >= 4 is 47.4 Å². The summed E-state index contributed by atoms with van der Waals surface area (Å²) in [6, 6.07) is 21.0. The molecule has 0 spiro atoms. The van der Waals surface area contributed by atoms with E-state index in [4.69, 9.17) is 48.5 Å². The Hall–Kier alpha value is -10.2. The number of carbonyl (C=O) groups excluding carboxylic acids is 8. The second-order valence-corrected chi connectivity index (χ2v) is 30.8. The summed E-state index contributed by atoms with van der Waals surface area (Å²) in [7, 11) is 17.1. The van der Waals surface area contributed by atoms with E-state index in [0.717, 1.165) is 60.2 Å². The van der Waals surface area contributed by atoms with Crippen LogP contribution in [0.4, 0.5) is 0 Å². The quantitative estimate of drug-likeness (QED) is 0.0204. The summed E-state index contributed by atoms with van der Waals surface area (Å²) in [5.74, 6) is 3.18. The van der Waals surface area contributed by atoms with Gasteiger partial charge in [-0.1, -0.05) is 139 Å². The van der Waals surface area contributed by atoms with Gasteiger partial charge < -0.3 is 73.7 Å². The topological polar surface area (TPSA) is 328 Å². The summed E-state index contributed by atoms with van der Waals surface area (Å²) in [6.07, 6.45) is 12.5. The molecule has 1 aliphatic rings. The molecule has 29 heteroatoms. The van der Waals surface area contributed by atoms with Gasteiger partial charge in [0.25, 0.3) is 17.7 Å². The predicted molar refractivity (Wildman–Crippen MR) is 447 cm³/mol. The number of benzene rings is 3. The Morgan fingerprint density at radius 3 is 1.22 bits per heavy atom. The van der Waals surface area contributed by atoms with Gasteiger partial charge in [0, 0.05) is 84.8 Å². The fourth-order valence-corrected chi connectivity index (χ4v) is 14.0. The number of ether oxygens (including phenoxy) is 9. The van der Waals surface area contributed by atoms with Gasteiger partial charge in [0.2, 0.25) is 17.7 Å². The number of methoxy groups -OCH3 is 9. The van der Waals surface area contributed by atoms with E-state index in [-0.39, 0.29) is 109 Å². The first-order chi connectivity index (χ1) is 55.5. The zero-order valence-corrected chi connectivity index (χ0v) is 72.7. The number of hydrogen-bond donors (Lipinski definition) is 4. The van der Waals surface area contributed by atoms with Gasteiger partial charge in [0.1, 0.15) is 47.6 Å².